The number of ether oxygens (including phenoxy) is 1. The van der Waals surface area contributed by atoms with Crippen LogP contribution in [0.1, 0.15) is 90.3 Å². The molecule has 0 spiro atoms. The van der Waals surface area contributed by atoms with Gasteiger partial charge >= 0.3 is 0 Å². The minimum absolute atomic E-state index is 0.0356. The number of aryl methyl sites for hydroxylation is 1. The molecule has 0 saturated carbocycles. The van der Waals surface area contributed by atoms with Gasteiger partial charge in [0.05, 0.1) is 23.1 Å². The molecule has 1 aromatic carbocycles. The van der Waals surface area contributed by atoms with Crippen LogP contribution in [0.25, 0.3) is 0 Å². The number of fused-ring (bicyclic) bond motifs is 1. The number of hydrogen-bond acceptors (Lipinski definition) is 8. The first kappa shape index (κ1) is 41.7. The van der Waals surface area contributed by atoms with Gasteiger partial charge in [-0.3, -0.25) is 0 Å². The first-order valence-corrected chi connectivity index (χ1v) is 16.4. The number of nitriles is 1. The maximum absolute atomic E-state index is 9.56. The summed E-state index contributed by atoms with van der Waals surface area (Å²) < 4.78 is 5.79. The molecule has 4 aliphatic rings. The number of nitrogens with two attached hydrogens (primary N) is 1. The Bertz CT molecular complexity index is 1180. The smallest absolute Gasteiger partial charge is 0.133 e. The third-order valence-electron chi connectivity index (χ3n) is 6.75. The van der Waals surface area contributed by atoms with E-state index in [2.05, 4.69) is 52.0 Å². The predicted molar refractivity (Wildman–Crippen MR) is 191 cm³/mol. The molecule has 2 aliphatic heterocycles. The van der Waals surface area contributed by atoms with Crippen molar-refractivity contribution < 1.29 is 14.9 Å². The number of benzene rings is 1. The maximum atomic E-state index is 9.56. The minimum atomic E-state index is 0.0356. The molecule has 0 amide bonds. The van der Waals surface area contributed by atoms with Crippen LogP contribution < -0.4 is 5.73 Å². The van der Waals surface area contributed by atoms with Crippen molar-refractivity contribution in [3.8, 4) is 6.07 Å². The summed E-state index contributed by atoms with van der Waals surface area (Å²) in [6, 6.07) is 8.77. The van der Waals surface area contributed by atoms with Gasteiger partial charge in [-0.2, -0.15) is 15.5 Å². The van der Waals surface area contributed by atoms with Crippen LogP contribution in [0.5, 0.6) is 0 Å². The first-order chi connectivity index (χ1) is 21.9. The minimum Gasteiger partial charge on any atom is -0.490 e. The topological polar surface area (TPSA) is 127 Å². The van der Waals surface area contributed by atoms with E-state index in [1.165, 1.54) is 49.0 Å². The van der Waals surface area contributed by atoms with Crippen LogP contribution in [0, 0.1) is 11.3 Å². The third-order valence-corrected chi connectivity index (χ3v) is 6.75. The van der Waals surface area contributed by atoms with Gasteiger partial charge in [0.15, 0.2) is 0 Å². The van der Waals surface area contributed by atoms with Crippen LogP contribution in [-0.2, 0) is 17.6 Å². The highest BCUT2D eigenvalue weighted by molar-refractivity contribution is 6.21. The summed E-state index contributed by atoms with van der Waals surface area (Å²) in [4.78, 5) is 2.42. The molecule has 0 bridgehead atoms. The summed E-state index contributed by atoms with van der Waals surface area (Å²) in [6.07, 6.45) is 15.4. The van der Waals surface area contributed by atoms with Gasteiger partial charge in [-0.15, -0.1) is 6.58 Å². The number of aliphatic hydroxyl groups is 2. The Morgan fingerprint density at radius 2 is 1.71 bits per heavy atom. The lowest BCUT2D eigenvalue weighted by Gasteiger charge is -2.12. The molecule has 1 fully saturated rings. The quantitative estimate of drug-likeness (QED) is 0.304. The number of rotatable bonds is 6. The highest BCUT2D eigenvalue weighted by Crippen LogP contribution is 2.29. The second-order valence-electron chi connectivity index (χ2n) is 10.4. The third kappa shape index (κ3) is 15.0. The van der Waals surface area contributed by atoms with Crippen molar-refractivity contribution in [3.63, 3.8) is 0 Å². The summed E-state index contributed by atoms with van der Waals surface area (Å²) >= 11 is 0. The molecule has 2 aliphatic carbocycles. The molecule has 8 nitrogen and oxygen atoms in total. The van der Waals surface area contributed by atoms with E-state index in [0.29, 0.717) is 24.2 Å². The molecule has 0 unspecified atom stereocenters. The van der Waals surface area contributed by atoms with E-state index < -0.39 is 0 Å². The van der Waals surface area contributed by atoms with Crippen molar-refractivity contribution in [1.82, 2.24) is 4.90 Å². The van der Waals surface area contributed by atoms with Crippen molar-refractivity contribution in [1.29, 1.82) is 5.26 Å². The van der Waals surface area contributed by atoms with Crippen molar-refractivity contribution in [3.05, 3.63) is 82.7 Å². The molecule has 8 heteroatoms. The first-order valence-electron chi connectivity index (χ1n) is 16.4. The Morgan fingerprint density at radius 3 is 2.29 bits per heavy atom. The van der Waals surface area contributed by atoms with E-state index in [0.717, 1.165) is 50.0 Å². The molecular formula is C37H59N5O3. The average Bonchev–Trinajstić information content (AvgIpc) is 3.82. The maximum Gasteiger partial charge on any atom is 0.133 e. The van der Waals surface area contributed by atoms with Gasteiger partial charge in [0, 0.05) is 38.8 Å². The fraction of sp³-hybridized carbons (Fsp3) is 0.541. The molecule has 4 N–H and O–H groups in total. The zero-order chi connectivity index (χ0) is 34.0. The summed E-state index contributed by atoms with van der Waals surface area (Å²) in [5, 5.41) is 33.1. The summed E-state index contributed by atoms with van der Waals surface area (Å²) in [5.74, 6) is 0.652. The molecule has 2 heterocycles. The molecule has 5 rings (SSSR count). The lowest BCUT2D eigenvalue weighted by atomic mass is 9.95. The Hall–Kier alpha value is -3.35. The fourth-order valence-corrected chi connectivity index (χ4v) is 5.08. The van der Waals surface area contributed by atoms with Crippen LogP contribution >= 0.6 is 0 Å². The Kier molecular flexibility index (Phi) is 24.0. The average molecular weight is 622 g/mol. The van der Waals surface area contributed by atoms with Crippen molar-refractivity contribution in [2.75, 3.05) is 39.9 Å². The molecule has 1 saturated heterocycles. The molecule has 250 valence electrons. The lowest BCUT2D eigenvalue weighted by molar-refractivity contribution is 0.155. The van der Waals surface area contributed by atoms with E-state index in [9.17, 15) is 5.26 Å². The zero-order valence-electron chi connectivity index (χ0n) is 29.0. The summed E-state index contributed by atoms with van der Waals surface area (Å²) in [5.41, 5.74) is 13.0. The molecule has 45 heavy (non-hydrogen) atoms. The zero-order valence-corrected chi connectivity index (χ0v) is 29.0. The van der Waals surface area contributed by atoms with Gasteiger partial charge in [0.1, 0.15) is 11.8 Å². The van der Waals surface area contributed by atoms with Crippen LogP contribution in [-0.4, -0.2) is 72.5 Å². The predicted octanol–water partition coefficient (Wildman–Crippen LogP) is 6.68. The van der Waals surface area contributed by atoms with E-state index in [4.69, 9.17) is 20.7 Å². The van der Waals surface area contributed by atoms with Crippen LogP contribution in [0.3, 0.4) is 0 Å². The number of hydrogen-bond donors (Lipinski definition) is 3. The largest absolute Gasteiger partial charge is 0.490 e. The van der Waals surface area contributed by atoms with E-state index in [1.54, 1.807) is 13.0 Å². The number of aliphatic hydroxyl groups excluding tert-OH is 2. The Morgan fingerprint density at radius 1 is 1.09 bits per heavy atom. The Balaban J connectivity index is 0.000000891. The highest BCUT2D eigenvalue weighted by atomic mass is 16.5. The number of likely N-dealkylation sites (tertiary alicyclic amines) is 1. The number of allylic oxidation sites excluding steroid dienone is 6. The van der Waals surface area contributed by atoms with Crippen LogP contribution in [0.4, 0.5) is 0 Å². The highest BCUT2D eigenvalue weighted by Gasteiger charge is 2.23. The Labute approximate surface area is 273 Å². The normalized spacial score (nSPS) is 16.1. The van der Waals surface area contributed by atoms with E-state index in [-0.39, 0.29) is 12.7 Å². The second-order valence-corrected chi connectivity index (χ2v) is 10.4. The fourth-order valence-electron chi connectivity index (χ4n) is 5.08. The van der Waals surface area contributed by atoms with E-state index >= 15 is 0 Å². The standard InChI is InChI=1S/C23H23N3O.C6H14N2.C3H6.C2H6O.C2H6.CH4O/c1-15(2)27-23-11-5-8-17(12-18(23)14-24)21-13-22(26-25-21)20-10-4-7-16-6-3-9-19(16)20;7-3-6-8-4-1-2-5-8;1-3-2;1-2-3;2*1-2/h4,7-8,10-12,15H,3,5-6,9,13H2,1-2H3;1-7H2;3H,1H2,2H3;3H,2H2,1H3;1-2H3;2H,1H3. The SMILES string of the molecule is C=CC.CC.CC(C)OC1=CCC=C(C2=NN=C(c3cccc4c3CCC4)C2)C=C1C#N.CCO.CO.NCCN1CCCC1. The molecule has 0 atom stereocenters. The van der Waals surface area contributed by atoms with Gasteiger partial charge in [0.25, 0.3) is 0 Å². The van der Waals surface area contributed by atoms with Gasteiger partial charge in [-0.05, 0) is 108 Å². The summed E-state index contributed by atoms with van der Waals surface area (Å²) in [6.45, 7) is 19.6. The molecular weight excluding hydrogens is 562 g/mol. The summed E-state index contributed by atoms with van der Waals surface area (Å²) in [7, 11) is 1.00. The number of nitrogens with zero attached hydrogens (tertiary/aromatic N) is 4. The lowest BCUT2D eigenvalue weighted by Crippen LogP contribution is -2.26. The van der Waals surface area contributed by atoms with Crippen molar-refractivity contribution >= 4 is 11.4 Å². The monoisotopic (exact) mass is 621 g/mol. The van der Waals surface area contributed by atoms with E-state index in [1.807, 2.05) is 46.8 Å². The van der Waals surface area contributed by atoms with Gasteiger partial charge < -0.3 is 25.6 Å². The van der Waals surface area contributed by atoms with Gasteiger partial charge in [-0.1, -0.05) is 44.2 Å². The molecule has 1 aromatic rings. The van der Waals surface area contributed by atoms with Crippen molar-refractivity contribution in [2.45, 2.75) is 92.6 Å². The van der Waals surface area contributed by atoms with Gasteiger partial charge in [-0.25, -0.2) is 0 Å². The van der Waals surface area contributed by atoms with Crippen LogP contribution in [0.15, 0.2) is 76.2 Å². The van der Waals surface area contributed by atoms with Crippen LogP contribution in [0.2, 0.25) is 0 Å². The molecule has 0 radical (unpaired) electrons. The van der Waals surface area contributed by atoms with Crippen molar-refractivity contribution in [2.24, 2.45) is 15.9 Å². The second kappa shape index (κ2) is 25.9. The molecule has 0 aromatic heterocycles. The van der Waals surface area contributed by atoms with Gasteiger partial charge in [0.2, 0.25) is 0 Å².